The molecule has 0 heterocycles. The van der Waals surface area contributed by atoms with Crippen molar-refractivity contribution >= 4 is 5.97 Å². The number of carboxylic acids is 1. The predicted molar refractivity (Wildman–Crippen MR) is 151 cm³/mol. The van der Waals surface area contributed by atoms with E-state index < -0.39 is 5.97 Å². The van der Waals surface area contributed by atoms with Crippen molar-refractivity contribution in [3.05, 3.63) is 76.9 Å². The van der Waals surface area contributed by atoms with Gasteiger partial charge in [0.15, 0.2) is 0 Å². The van der Waals surface area contributed by atoms with E-state index in [2.05, 4.69) is 52.8 Å². The van der Waals surface area contributed by atoms with Gasteiger partial charge < -0.3 is 14.9 Å². The monoisotopic (exact) mass is 500 g/mol. The average Bonchev–Trinajstić information content (AvgIpc) is 2.88. The average molecular weight is 501 g/mol. The van der Waals surface area contributed by atoms with Crippen molar-refractivity contribution in [1.29, 1.82) is 0 Å². The van der Waals surface area contributed by atoms with Crippen LogP contribution in [0.25, 0.3) is 22.3 Å². The zero-order valence-corrected chi connectivity index (χ0v) is 22.9. The molecule has 1 aliphatic rings. The smallest absolute Gasteiger partial charge is 0.335 e. The quantitative estimate of drug-likeness (QED) is 0.294. The summed E-state index contributed by atoms with van der Waals surface area (Å²) in [4.78, 5) is 11.3. The van der Waals surface area contributed by atoms with Crippen LogP contribution in [0, 0.1) is 0 Å². The molecular formula is C33H40O4. The summed E-state index contributed by atoms with van der Waals surface area (Å²) in [5.74, 6) is -0.0857. The summed E-state index contributed by atoms with van der Waals surface area (Å²) in [5.41, 5.74) is 9.08. The lowest BCUT2D eigenvalue weighted by atomic mass is 9.61. The van der Waals surface area contributed by atoms with Gasteiger partial charge in [0.25, 0.3) is 0 Å². The first-order chi connectivity index (χ1) is 17.6. The summed E-state index contributed by atoms with van der Waals surface area (Å²) in [5, 5.41) is 18.5. The van der Waals surface area contributed by atoms with Gasteiger partial charge in [0.1, 0.15) is 5.75 Å². The molecule has 4 heteroatoms. The molecule has 196 valence electrons. The molecular weight excluding hydrogens is 460 g/mol. The summed E-state index contributed by atoms with van der Waals surface area (Å²) in [6.45, 7) is 12.4. The lowest BCUT2D eigenvalue weighted by Crippen LogP contribution is -2.35. The molecule has 1 aliphatic carbocycles. The predicted octanol–water partition coefficient (Wildman–Crippen LogP) is 7.78. The van der Waals surface area contributed by atoms with E-state index in [-0.39, 0.29) is 23.0 Å². The third-order valence-corrected chi connectivity index (χ3v) is 7.99. The minimum Gasteiger partial charge on any atom is -0.493 e. The third-order valence-electron chi connectivity index (χ3n) is 7.99. The summed E-state index contributed by atoms with van der Waals surface area (Å²) < 4.78 is 6.28. The van der Waals surface area contributed by atoms with Gasteiger partial charge in [-0.05, 0) is 101 Å². The van der Waals surface area contributed by atoms with Crippen molar-refractivity contribution in [2.24, 2.45) is 0 Å². The van der Waals surface area contributed by atoms with E-state index in [1.807, 2.05) is 24.3 Å². The van der Waals surface area contributed by atoms with Crippen LogP contribution in [0.3, 0.4) is 0 Å². The van der Waals surface area contributed by atoms with Crippen LogP contribution < -0.4 is 4.74 Å². The lowest BCUT2D eigenvalue weighted by molar-refractivity contribution is 0.0697. The molecule has 0 atom stereocenters. The number of unbranched alkanes of at least 4 members (excludes halogenated alkanes) is 1. The van der Waals surface area contributed by atoms with Crippen LogP contribution in [0.1, 0.15) is 87.4 Å². The first kappa shape index (κ1) is 26.9. The fourth-order valence-corrected chi connectivity index (χ4v) is 5.74. The van der Waals surface area contributed by atoms with Gasteiger partial charge in [-0.15, -0.1) is 0 Å². The Morgan fingerprint density at radius 3 is 2.19 bits per heavy atom. The van der Waals surface area contributed by atoms with E-state index >= 15 is 0 Å². The number of rotatable bonds is 9. The summed E-state index contributed by atoms with van der Waals surface area (Å²) in [6.07, 6.45) is 4.77. The molecule has 3 aromatic carbocycles. The summed E-state index contributed by atoms with van der Waals surface area (Å²) >= 11 is 0. The molecule has 0 saturated carbocycles. The van der Waals surface area contributed by atoms with Gasteiger partial charge >= 0.3 is 5.97 Å². The van der Waals surface area contributed by atoms with Crippen LogP contribution in [0.15, 0.2) is 54.6 Å². The van der Waals surface area contributed by atoms with Gasteiger partial charge in [0.05, 0.1) is 12.2 Å². The SMILES string of the molecule is CCc1c(-c2cc(-c3ccc(C(=O)O)cc3)ccc2OCCCCO)ccc2c1C(C)(C)CCC2(C)C. The topological polar surface area (TPSA) is 66.8 Å². The highest BCUT2D eigenvalue weighted by molar-refractivity contribution is 5.88. The maximum Gasteiger partial charge on any atom is 0.335 e. The molecule has 0 spiro atoms. The van der Waals surface area contributed by atoms with E-state index in [1.54, 1.807) is 12.1 Å². The standard InChI is InChI=1S/C33H40O4/c1-6-25-26(14-15-28-30(25)33(4,5)18-17-32(28,2)3)27-21-24(13-16-29(27)37-20-8-7-19-34)22-9-11-23(12-10-22)31(35)36/h9-16,21,34H,6-8,17-20H2,1-5H3,(H,35,36). The molecule has 2 N–H and O–H groups in total. The molecule has 0 aliphatic heterocycles. The largest absolute Gasteiger partial charge is 0.493 e. The number of ether oxygens (including phenoxy) is 1. The Morgan fingerprint density at radius 2 is 1.54 bits per heavy atom. The fourth-order valence-electron chi connectivity index (χ4n) is 5.74. The fraction of sp³-hybridized carbons (Fsp3) is 0.424. The molecule has 4 nitrogen and oxygen atoms in total. The molecule has 3 aromatic rings. The summed E-state index contributed by atoms with van der Waals surface area (Å²) in [6, 6.07) is 17.9. The number of fused-ring (bicyclic) bond motifs is 1. The molecule has 0 saturated heterocycles. The Balaban J connectivity index is 1.88. The van der Waals surface area contributed by atoms with Crippen LogP contribution in [-0.4, -0.2) is 29.4 Å². The van der Waals surface area contributed by atoms with Crippen LogP contribution in [0.5, 0.6) is 5.75 Å². The van der Waals surface area contributed by atoms with Crippen molar-refractivity contribution in [3.8, 4) is 28.0 Å². The highest BCUT2D eigenvalue weighted by Crippen LogP contribution is 2.50. The van der Waals surface area contributed by atoms with Crippen molar-refractivity contribution in [1.82, 2.24) is 0 Å². The number of benzene rings is 3. The number of carbonyl (C=O) groups is 1. The molecule has 0 aromatic heterocycles. The highest BCUT2D eigenvalue weighted by Gasteiger charge is 2.39. The molecule has 0 radical (unpaired) electrons. The van der Waals surface area contributed by atoms with Crippen molar-refractivity contribution in [2.75, 3.05) is 13.2 Å². The third kappa shape index (κ3) is 5.45. The van der Waals surface area contributed by atoms with E-state index in [0.29, 0.717) is 13.0 Å². The van der Waals surface area contributed by atoms with Gasteiger partial charge in [-0.2, -0.15) is 0 Å². The van der Waals surface area contributed by atoms with Crippen molar-refractivity contribution in [3.63, 3.8) is 0 Å². The second kappa shape index (κ2) is 10.7. The number of carboxylic acid groups (broad SMARTS) is 1. The number of aliphatic hydroxyl groups excluding tert-OH is 1. The molecule has 4 rings (SSSR count). The minimum absolute atomic E-state index is 0.0959. The van der Waals surface area contributed by atoms with E-state index in [1.165, 1.54) is 28.7 Å². The van der Waals surface area contributed by atoms with Crippen LogP contribution in [0.2, 0.25) is 0 Å². The highest BCUT2D eigenvalue weighted by atomic mass is 16.5. The maximum absolute atomic E-state index is 11.3. The molecule has 37 heavy (non-hydrogen) atoms. The first-order valence-electron chi connectivity index (χ1n) is 13.5. The van der Waals surface area contributed by atoms with Gasteiger partial charge in [0, 0.05) is 12.2 Å². The van der Waals surface area contributed by atoms with E-state index in [4.69, 9.17) is 4.74 Å². The van der Waals surface area contributed by atoms with Crippen molar-refractivity contribution < 1.29 is 19.7 Å². The van der Waals surface area contributed by atoms with E-state index in [9.17, 15) is 15.0 Å². The van der Waals surface area contributed by atoms with Gasteiger partial charge in [0.2, 0.25) is 0 Å². The maximum atomic E-state index is 11.3. The Morgan fingerprint density at radius 1 is 0.865 bits per heavy atom. The number of hydrogen-bond acceptors (Lipinski definition) is 3. The first-order valence-corrected chi connectivity index (χ1v) is 13.5. The second-order valence-electron chi connectivity index (χ2n) is 11.5. The van der Waals surface area contributed by atoms with Crippen LogP contribution in [0.4, 0.5) is 0 Å². The Labute approximate surface area is 221 Å². The summed E-state index contributed by atoms with van der Waals surface area (Å²) in [7, 11) is 0. The van der Waals surface area contributed by atoms with Crippen molar-refractivity contribution in [2.45, 2.75) is 77.6 Å². The van der Waals surface area contributed by atoms with Gasteiger partial charge in [-0.25, -0.2) is 4.79 Å². The van der Waals surface area contributed by atoms with Gasteiger partial charge in [-0.3, -0.25) is 0 Å². The normalized spacial score (nSPS) is 15.7. The van der Waals surface area contributed by atoms with Gasteiger partial charge in [-0.1, -0.05) is 65.0 Å². The lowest BCUT2D eigenvalue weighted by Gasteiger charge is -2.43. The zero-order valence-electron chi connectivity index (χ0n) is 22.9. The number of hydrogen-bond donors (Lipinski definition) is 2. The Bertz CT molecular complexity index is 1270. The number of aliphatic hydroxyl groups is 1. The van der Waals surface area contributed by atoms with Crippen LogP contribution in [-0.2, 0) is 17.3 Å². The minimum atomic E-state index is -0.925. The zero-order chi connectivity index (χ0) is 26.8. The van der Waals surface area contributed by atoms with E-state index in [0.717, 1.165) is 41.7 Å². The molecule has 0 fully saturated rings. The second-order valence-corrected chi connectivity index (χ2v) is 11.5. The molecule has 0 bridgehead atoms. The number of aromatic carboxylic acids is 1. The van der Waals surface area contributed by atoms with Crippen LogP contribution >= 0.6 is 0 Å². The molecule has 0 amide bonds. The Kier molecular flexibility index (Phi) is 7.80. The molecule has 0 unspecified atom stereocenters. The Hall–Kier alpha value is -3.11.